The van der Waals surface area contributed by atoms with Gasteiger partial charge in [-0.2, -0.15) is 0 Å². The number of rotatable bonds is 8. The molecule has 1 amide bonds. The molecular weight excluding hydrogens is 398 g/mol. The van der Waals surface area contributed by atoms with Gasteiger partial charge in [-0.15, -0.1) is 0 Å². The third-order valence-electron chi connectivity index (χ3n) is 4.75. The molecule has 7 heteroatoms. The minimum absolute atomic E-state index is 0.00818. The Bertz CT molecular complexity index is 1030. The zero-order chi connectivity index (χ0) is 21.7. The van der Waals surface area contributed by atoms with E-state index in [2.05, 4.69) is 15.3 Å². The molecule has 0 saturated heterocycles. The van der Waals surface area contributed by atoms with Gasteiger partial charge in [0.1, 0.15) is 5.75 Å². The fourth-order valence-corrected chi connectivity index (χ4v) is 3.95. The van der Waals surface area contributed by atoms with Crippen LogP contribution in [-0.2, 0) is 11.2 Å². The topological polar surface area (TPSA) is 95.1 Å². The van der Waals surface area contributed by atoms with Crippen molar-refractivity contribution < 1.29 is 14.7 Å². The van der Waals surface area contributed by atoms with Crippen molar-refractivity contribution in [1.29, 1.82) is 0 Å². The Kier molecular flexibility index (Phi) is 6.95. The van der Waals surface area contributed by atoms with E-state index >= 15 is 0 Å². The summed E-state index contributed by atoms with van der Waals surface area (Å²) in [4.78, 5) is 32.0. The number of ketones is 1. The Labute approximate surface area is 180 Å². The maximum atomic E-state index is 12.7. The summed E-state index contributed by atoms with van der Waals surface area (Å²) in [5, 5.41) is 12.7. The number of aryl methyl sites for hydroxylation is 1. The summed E-state index contributed by atoms with van der Waals surface area (Å²) in [5.74, 6) is 0.125. The quantitative estimate of drug-likeness (QED) is 0.360. The van der Waals surface area contributed by atoms with E-state index in [4.69, 9.17) is 0 Å². The monoisotopic (exact) mass is 423 g/mol. The zero-order valence-corrected chi connectivity index (χ0v) is 18.0. The average molecular weight is 424 g/mol. The van der Waals surface area contributed by atoms with Crippen molar-refractivity contribution in [2.24, 2.45) is 0 Å². The van der Waals surface area contributed by atoms with Crippen molar-refractivity contribution >= 4 is 29.1 Å². The predicted molar refractivity (Wildman–Crippen MR) is 119 cm³/mol. The summed E-state index contributed by atoms with van der Waals surface area (Å²) in [7, 11) is 0. The van der Waals surface area contributed by atoms with E-state index in [1.807, 2.05) is 26.0 Å². The fraction of sp³-hybridized carbons (Fsp3) is 0.261. The minimum Gasteiger partial charge on any atom is -0.508 e. The Morgan fingerprint density at radius 1 is 1.13 bits per heavy atom. The summed E-state index contributed by atoms with van der Waals surface area (Å²) < 4.78 is 0. The second kappa shape index (κ2) is 9.63. The maximum Gasteiger partial charge on any atom is 0.237 e. The number of anilines is 1. The van der Waals surface area contributed by atoms with E-state index in [0.29, 0.717) is 29.2 Å². The number of imidazole rings is 1. The lowest BCUT2D eigenvalue weighted by Crippen LogP contribution is -2.24. The number of phenolic OH excluding ortho intramolecular Hbond substituents is 1. The number of hydrogen-bond donors (Lipinski definition) is 3. The van der Waals surface area contributed by atoms with Crippen LogP contribution in [0.4, 0.5) is 5.69 Å². The number of carbonyl (C=O) groups excluding carboxylic acids is 2. The van der Waals surface area contributed by atoms with Gasteiger partial charge in [0.15, 0.2) is 10.9 Å². The lowest BCUT2D eigenvalue weighted by Gasteiger charge is -2.13. The molecule has 0 saturated carbocycles. The first-order valence-corrected chi connectivity index (χ1v) is 10.7. The number of nitrogens with zero attached hydrogens (tertiary/aromatic N) is 1. The lowest BCUT2D eigenvalue weighted by molar-refractivity contribution is -0.115. The summed E-state index contributed by atoms with van der Waals surface area (Å²) >= 11 is 1.40. The number of Topliss-reactive ketones (excluding diaryl/α,β-unsaturated/α-hetero) is 1. The number of hydrogen-bond acceptors (Lipinski definition) is 5. The van der Waals surface area contributed by atoms with Crippen LogP contribution in [0.1, 0.15) is 47.6 Å². The molecule has 1 aromatic heterocycles. The molecule has 156 valence electrons. The highest BCUT2D eigenvalue weighted by molar-refractivity contribution is 8.00. The zero-order valence-electron chi connectivity index (χ0n) is 17.2. The van der Waals surface area contributed by atoms with Crippen LogP contribution in [0.15, 0.2) is 53.7 Å². The first-order chi connectivity index (χ1) is 14.4. The molecular formula is C23H25N3O3S. The molecule has 0 fully saturated rings. The summed E-state index contributed by atoms with van der Waals surface area (Å²) in [5.41, 5.74) is 4.20. The van der Waals surface area contributed by atoms with E-state index in [1.54, 1.807) is 36.4 Å². The van der Waals surface area contributed by atoms with Gasteiger partial charge in [0, 0.05) is 23.4 Å². The number of amides is 1. The molecule has 3 N–H and O–H groups in total. The van der Waals surface area contributed by atoms with Crippen molar-refractivity contribution in [3.05, 3.63) is 71.0 Å². The second-order valence-corrected chi connectivity index (χ2v) is 8.29. The largest absolute Gasteiger partial charge is 0.508 e. The number of thioether (sulfide) groups is 1. The van der Waals surface area contributed by atoms with E-state index in [9.17, 15) is 14.7 Å². The predicted octanol–water partition coefficient (Wildman–Crippen LogP) is 4.73. The Morgan fingerprint density at radius 2 is 1.80 bits per heavy atom. The molecule has 6 nitrogen and oxygen atoms in total. The molecule has 0 aliphatic heterocycles. The molecule has 0 aliphatic carbocycles. The molecule has 2 aromatic carbocycles. The van der Waals surface area contributed by atoms with E-state index < -0.39 is 0 Å². The summed E-state index contributed by atoms with van der Waals surface area (Å²) in [6, 6.07) is 13.9. The molecule has 3 aromatic rings. The van der Waals surface area contributed by atoms with Gasteiger partial charge in [-0.3, -0.25) is 9.59 Å². The number of nitrogens with one attached hydrogen (secondary N) is 2. The smallest absolute Gasteiger partial charge is 0.237 e. The van der Waals surface area contributed by atoms with Gasteiger partial charge in [0.05, 0.1) is 10.9 Å². The molecule has 0 bridgehead atoms. The van der Waals surface area contributed by atoms with Gasteiger partial charge in [0.25, 0.3) is 0 Å². The molecule has 1 atom stereocenters. The van der Waals surface area contributed by atoms with Gasteiger partial charge in [-0.25, -0.2) is 4.98 Å². The van der Waals surface area contributed by atoms with Gasteiger partial charge < -0.3 is 15.4 Å². The van der Waals surface area contributed by atoms with Crippen LogP contribution in [0.25, 0.3) is 0 Å². The number of aromatic nitrogens is 2. The number of aromatic amines is 1. The van der Waals surface area contributed by atoms with Gasteiger partial charge in [-0.05, 0) is 62.2 Å². The molecule has 0 aliphatic rings. The summed E-state index contributed by atoms with van der Waals surface area (Å²) in [6.45, 7) is 5.44. The Morgan fingerprint density at radius 3 is 2.40 bits per heavy atom. The Hall–Kier alpha value is -3.06. The minimum atomic E-state index is -0.301. The van der Waals surface area contributed by atoms with Crippen LogP contribution in [0, 0.1) is 6.92 Å². The van der Waals surface area contributed by atoms with Gasteiger partial charge in [-0.1, -0.05) is 30.8 Å². The molecule has 1 heterocycles. The highest BCUT2D eigenvalue weighted by Crippen LogP contribution is 2.26. The first-order valence-electron chi connectivity index (χ1n) is 9.77. The molecule has 0 unspecified atom stereocenters. The molecule has 3 rings (SSSR count). The maximum absolute atomic E-state index is 12.7. The Balaban J connectivity index is 1.65. The standard InChI is InChI=1S/C23H25N3O3S/c1-4-21(22(29)25-18-9-7-17(8-10-18)15(3)27)30-23-24-14(2)20(26-23)13-16-5-11-19(28)12-6-16/h5-12,21,28H,4,13H2,1-3H3,(H,24,26)(H,25,29)/t21-/m0/s1. The third kappa shape index (κ3) is 5.51. The van der Waals surface area contributed by atoms with E-state index in [1.165, 1.54) is 18.7 Å². The van der Waals surface area contributed by atoms with Crippen LogP contribution in [-0.4, -0.2) is 32.0 Å². The van der Waals surface area contributed by atoms with Crippen LogP contribution in [0.2, 0.25) is 0 Å². The number of H-pyrrole nitrogens is 1. The van der Waals surface area contributed by atoms with Crippen molar-refractivity contribution in [2.75, 3.05) is 5.32 Å². The number of phenols is 1. The summed E-state index contributed by atoms with van der Waals surface area (Å²) in [6.07, 6.45) is 1.30. The highest BCUT2D eigenvalue weighted by atomic mass is 32.2. The second-order valence-electron chi connectivity index (χ2n) is 7.09. The first kappa shape index (κ1) is 21.6. The number of carbonyl (C=O) groups is 2. The van der Waals surface area contributed by atoms with Gasteiger partial charge >= 0.3 is 0 Å². The van der Waals surface area contributed by atoms with Crippen LogP contribution < -0.4 is 5.32 Å². The lowest BCUT2D eigenvalue weighted by atomic mass is 10.1. The van der Waals surface area contributed by atoms with Crippen molar-refractivity contribution in [1.82, 2.24) is 9.97 Å². The third-order valence-corrected chi connectivity index (χ3v) is 6.00. The highest BCUT2D eigenvalue weighted by Gasteiger charge is 2.20. The average Bonchev–Trinajstić information content (AvgIpc) is 3.07. The SMILES string of the molecule is CC[C@H](Sc1nc(Cc2ccc(O)cc2)c(C)[nH]1)C(=O)Nc1ccc(C(C)=O)cc1. The van der Waals surface area contributed by atoms with Gasteiger partial charge in [0.2, 0.25) is 5.91 Å². The number of benzene rings is 2. The van der Waals surface area contributed by atoms with Crippen molar-refractivity contribution in [3.63, 3.8) is 0 Å². The van der Waals surface area contributed by atoms with Crippen LogP contribution in [0.5, 0.6) is 5.75 Å². The normalized spacial score (nSPS) is 11.8. The van der Waals surface area contributed by atoms with Crippen LogP contribution in [0.3, 0.4) is 0 Å². The molecule has 0 radical (unpaired) electrons. The van der Waals surface area contributed by atoms with Crippen molar-refractivity contribution in [2.45, 2.75) is 44.0 Å². The van der Waals surface area contributed by atoms with E-state index in [0.717, 1.165) is 17.0 Å². The van der Waals surface area contributed by atoms with Crippen LogP contribution >= 0.6 is 11.8 Å². The fourth-order valence-electron chi connectivity index (χ4n) is 2.97. The molecule has 30 heavy (non-hydrogen) atoms. The van der Waals surface area contributed by atoms with Crippen molar-refractivity contribution in [3.8, 4) is 5.75 Å². The van der Waals surface area contributed by atoms with E-state index in [-0.39, 0.29) is 22.7 Å². The number of aromatic hydroxyl groups is 1. The molecule has 0 spiro atoms.